The SMILES string of the molecule is CC[C@@H](C(=O)O)N1CCC(C(=O)NCc2ccc(C)cc2)CC1. The van der Waals surface area contributed by atoms with Gasteiger partial charge >= 0.3 is 5.97 Å². The summed E-state index contributed by atoms with van der Waals surface area (Å²) >= 11 is 0. The summed E-state index contributed by atoms with van der Waals surface area (Å²) in [5.41, 5.74) is 2.30. The van der Waals surface area contributed by atoms with E-state index < -0.39 is 12.0 Å². The maximum Gasteiger partial charge on any atom is 0.320 e. The van der Waals surface area contributed by atoms with Crippen LogP contribution in [0.25, 0.3) is 0 Å². The number of aliphatic carboxylic acids is 1. The van der Waals surface area contributed by atoms with Crippen LogP contribution in [0.1, 0.15) is 37.3 Å². The van der Waals surface area contributed by atoms with Gasteiger partial charge in [-0.25, -0.2) is 0 Å². The molecule has 5 heteroatoms. The largest absolute Gasteiger partial charge is 0.480 e. The maximum absolute atomic E-state index is 12.3. The molecule has 1 atom stereocenters. The summed E-state index contributed by atoms with van der Waals surface area (Å²) < 4.78 is 0. The molecule has 0 unspecified atom stereocenters. The molecule has 1 aliphatic rings. The van der Waals surface area contributed by atoms with Gasteiger partial charge in [0.1, 0.15) is 6.04 Å². The van der Waals surface area contributed by atoms with Crippen molar-refractivity contribution >= 4 is 11.9 Å². The number of piperidine rings is 1. The van der Waals surface area contributed by atoms with Crippen LogP contribution in [0.2, 0.25) is 0 Å². The highest BCUT2D eigenvalue weighted by atomic mass is 16.4. The van der Waals surface area contributed by atoms with Crippen LogP contribution in [-0.2, 0) is 16.1 Å². The number of hydrogen-bond donors (Lipinski definition) is 2. The van der Waals surface area contributed by atoms with E-state index in [0.717, 1.165) is 18.4 Å². The molecule has 1 aromatic carbocycles. The second kappa shape index (κ2) is 8.11. The van der Waals surface area contributed by atoms with E-state index in [1.54, 1.807) is 0 Å². The van der Waals surface area contributed by atoms with E-state index in [9.17, 15) is 14.7 Å². The molecule has 1 saturated heterocycles. The molecule has 0 saturated carbocycles. The Hall–Kier alpha value is -1.88. The minimum Gasteiger partial charge on any atom is -0.480 e. The number of likely N-dealkylation sites (tertiary alicyclic amines) is 1. The number of carboxylic acids is 1. The summed E-state index contributed by atoms with van der Waals surface area (Å²) in [4.78, 5) is 25.5. The fourth-order valence-electron chi connectivity index (χ4n) is 3.10. The Kier molecular flexibility index (Phi) is 6.16. The molecule has 5 nitrogen and oxygen atoms in total. The van der Waals surface area contributed by atoms with Gasteiger partial charge in [0.25, 0.3) is 0 Å². The minimum absolute atomic E-state index is 0.0111. The lowest BCUT2D eigenvalue weighted by Gasteiger charge is -2.34. The lowest BCUT2D eigenvalue weighted by atomic mass is 9.94. The summed E-state index contributed by atoms with van der Waals surface area (Å²) in [6.07, 6.45) is 2.05. The lowest BCUT2D eigenvalue weighted by molar-refractivity contribution is -0.144. The summed E-state index contributed by atoms with van der Waals surface area (Å²) in [7, 11) is 0. The Labute approximate surface area is 137 Å². The third-order valence-electron chi connectivity index (χ3n) is 4.60. The van der Waals surface area contributed by atoms with E-state index in [4.69, 9.17) is 0 Å². The van der Waals surface area contributed by atoms with Crippen molar-refractivity contribution < 1.29 is 14.7 Å². The highest BCUT2D eigenvalue weighted by molar-refractivity contribution is 5.79. The predicted octanol–water partition coefficient (Wildman–Crippen LogP) is 2.19. The highest BCUT2D eigenvalue weighted by Gasteiger charge is 2.30. The molecule has 1 amide bonds. The van der Waals surface area contributed by atoms with E-state index in [1.165, 1.54) is 5.56 Å². The number of carboxylic acid groups (broad SMARTS) is 1. The number of nitrogens with zero attached hydrogens (tertiary/aromatic N) is 1. The Morgan fingerprint density at radius 2 is 1.87 bits per heavy atom. The van der Waals surface area contributed by atoms with Gasteiger partial charge < -0.3 is 10.4 Å². The maximum atomic E-state index is 12.3. The summed E-state index contributed by atoms with van der Waals surface area (Å²) in [5.74, 6) is -0.702. The smallest absolute Gasteiger partial charge is 0.320 e. The second-order valence-electron chi connectivity index (χ2n) is 6.28. The van der Waals surface area contributed by atoms with Crippen LogP contribution in [0, 0.1) is 12.8 Å². The van der Waals surface area contributed by atoms with E-state index >= 15 is 0 Å². The van der Waals surface area contributed by atoms with Gasteiger partial charge in [0.05, 0.1) is 0 Å². The van der Waals surface area contributed by atoms with Crippen LogP contribution in [0.5, 0.6) is 0 Å². The Morgan fingerprint density at radius 1 is 1.26 bits per heavy atom. The van der Waals surface area contributed by atoms with E-state index in [0.29, 0.717) is 26.1 Å². The molecule has 0 aromatic heterocycles. The fourth-order valence-corrected chi connectivity index (χ4v) is 3.10. The number of aryl methyl sites for hydroxylation is 1. The molecule has 23 heavy (non-hydrogen) atoms. The van der Waals surface area contributed by atoms with Crippen molar-refractivity contribution in [1.82, 2.24) is 10.2 Å². The van der Waals surface area contributed by atoms with Crippen molar-refractivity contribution in [2.24, 2.45) is 5.92 Å². The van der Waals surface area contributed by atoms with Gasteiger partial charge in [-0.3, -0.25) is 14.5 Å². The topological polar surface area (TPSA) is 69.6 Å². The Balaban J connectivity index is 1.79. The minimum atomic E-state index is -0.769. The molecule has 1 heterocycles. The van der Waals surface area contributed by atoms with E-state index in [-0.39, 0.29) is 11.8 Å². The predicted molar refractivity (Wildman–Crippen MR) is 89.0 cm³/mol. The van der Waals surface area contributed by atoms with Crippen molar-refractivity contribution in [3.05, 3.63) is 35.4 Å². The fraction of sp³-hybridized carbons (Fsp3) is 0.556. The Morgan fingerprint density at radius 3 is 2.39 bits per heavy atom. The lowest BCUT2D eigenvalue weighted by Crippen LogP contribution is -2.47. The third-order valence-corrected chi connectivity index (χ3v) is 4.60. The van der Waals surface area contributed by atoms with Gasteiger partial charge in [-0.2, -0.15) is 0 Å². The number of hydrogen-bond acceptors (Lipinski definition) is 3. The molecular weight excluding hydrogens is 292 g/mol. The normalized spacial score (nSPS) is 17.7. The van der Waals surface area contributed by atoms with Gasteiger partial charge in [-0.15, -0.1) is 0 Å². The van der Waals surface area contributed by atoms with Crippen LogP contribution >= 0.6 is 0 Å². The van der Waals surface area contributed by atoms with Gasteiger partial charge in [0.15, 0.2) is 0 Å². The van der Waals surface area contributed by atoms with Gasteiger partial charge in [0.2, 0.25) is 5.91 Å². The van der Waals surface area contributed by atoms with Crippen molar-refractivity contribution in [2.45, 2.75) is 45.7 Å². The molecule has 0 bridgehead atoms. The highest BCUT2D eigenvalue weighted by Crippen LogP contribution is 2.20. The summed E-state index contributed by atoms with van der Waals surface area (Å²) in [5, 5.41) is 12.2. The molecule has 1 fully saturated rings. The van der Waals surface area contributed by atoms with Crippen LogP contribution in [0.3, 0.4) is 0 Å². The monoisotopic (exact) mass is 318 g/mol. The number of amides is 1. The van der Waals surface area contributed by atoms with Crippen molar-refractivity contribution in [3.63, 3.8) is 0 Å². The molecular formula is C18H26N2O3. The zero-order chi connectivity index (χ0) is 16.8. The zero-order valence-electron chi connectivity index (χ0n) is 13.9. The molecule has 1 aromatic rings. The first-order valence-electron chi connectivity index (χ1n) is 8.31. The standard InChI is InChI=1S/C18H26N2O3/c1-3-16(18(22)23)20-10-8-15(9-11-20)17(21)19-12-14-6-4-13(2)5-7-14/h4-7,15-16H,3,8-12H2,1-2H3,(H,19,21)(H,22,23)/t16-/m0/s1. The zero-order valence-corrected chi connectivity index (χ0v) is 13.9. The first kappa shape index (κ1) is 17.5. The summed E-state index contributed by atoms with van der Waals surface area (Å²) in [6.45, 7) is 5.82. The van der Waals surface area contributed by atoms with Crippen LogP contribution in [0.15, 0.2) is 24.3 Å². The molecule has 0 radical (unpaired) electrons. The third kappa shape index (κ3) is 4.79. The van der Waals surface area contributed by atoms with Crippen LogP contribution in [0.4, 0.5) is 0 Å². The van der Waals surface area contributed by atoms with Gasteiger partial charge in [-0.1, -0.05) is 36.8 Å². The first-order chi connectivity index (χ1) is 11.0. The molecule has 2 rings (SSSR count). The number of nitrogens with one attached hydrogen (secondary N) is 1. The van der Waals surface area contributed by atoms with Crippen molar-refractivity contribution in [1.29, 1.82) is 0 Å². The first-order valence-corrected chi connectivity index (χ1v) is 8.31. The Bertz CT molecular complexity index is 534. The van der Waals surface area contributed by atoms with Gasteiger partial charge in [0, 0.05) is 12.5 Å². The number of rotatable bonds is 6. The van der Waals surface area contributed by atoms with Crippen molar-refractivity contribution in [2.75, 3.05) is 13.1 Å². The number of benzene rings is 1. The number of carbonyl (C=O) groups excluding carboxylic acids is 1. The molecule has 2 N–H and O–H groups in total. The molecule has 0 spiro atoms. The quantitative estimate of drug-likeness (QED) is 0.843. The average Bonchev–Trinajstić information content (AvgIpc) is 2.55. The van der Waals surface area contributed by atoms with Crippen molar-refractivity contribution in [3.8, 4) is 0 Å². The summed E-state index contributed by atoms with van der Waals surface area (Å²) in [6, 6.07) is 7.70. The van der Waals surface area contributed by atoms with Crippen LogP contribution in [-0.4, -0.2) is 41.0 Å². The molecule has 0 aliphatic carbocycles. The van der Waals surface area contributed by atoms with E-state index in [2.05, 4.69) is 5.32 Å². The van der Waals surface area contributed by atoms with E-state index in [1.807, 2.05) is 43.0 Å². The van der Waals surface area contributed by atoms with Crippen LogP contribution < -0.4 is 5.32 Å². The number of carbonyl (C=O) groups is 2. The molecule has 1 aliphatic heterocycles. The molecule has 126 valence electrons. The second-order valence-corrected chi connectivity index (χ2v) is 6.28. The van der Waals surface area contributed by atoms with Gasteiger partial charge in [-0.05, 0) is 44.8 Å². The average molecular weight is 318 g/mol.